The summed E-state index contributed by atoms with van der Waals surface area (Å²) in [6.45, 7) is 8.81. The van der Waals surface area contributed by atoms with E-state index in [0.717, 1.165) is 43.2 Å². The van der Waals surface area contributed by atoms with E-state index in [0.29, 0.717) is 32.5 Å². The summed E-state index contributed by atoms with van der Waals surface area (Å²) in [5.74, 6) is -1.62. The van der Waals surface area contributed by atoms with Crippen molar-refractivity contribution in [2.45, 2.75) is 84.4 Å². The molecule has 47 heavy (non-hydrogen) atoms. The van der Waals surface area contributed by atoms with Gasteiger partial charge < -0.3 is 19.8 Å². The van der Waals surface area contributed by atoms with Crippen LogP contribution in [-0.4, -0.2) is 90.2 Å². The maximum absolute atomic E-state index is 15.1. The fraction of sp³-hybridized carbons (Fsp3) is 0.500. The van der Waals surface area contributed by atoms with Crippen molar-refractivity contribution in [3.8, 4) is 0 Å². The molecule has 0 radical (unpaired) electrons. The van der Waals surface area contributed by atoms with Gasteiger partial charge in [-0.25, -0.2) is 0 Å². The third-order valence-electron chi connectivity index (χ3n) is 10.7. The number of amides is 3. The first-order chi connectivity index (χ1) is 22.8. The number of aliphatic hydroxyl groups excluding tert-OH is 1. The molecular formula is C38H46BrN3O4S. The van der Waals surface area contributed by atoms with Gasteiger partial charge in [-0.3, -0.25) is 14.4 Å². The van der Waals surface area contributed by atoms with Crippen molar-refractivity contribution in [1.29, 1.82) is 0 Å². The highest BCUT2D eigenvalue weighted by Gasteiger charge is 2.76. The van der Waals surface area contributed by atoms with Crippen molar-refractivity contribution < 1.29 is 19.5 Å². The second kappa shape index (κ2) is 14.7. The largest absolute Gasteiger partial charge is 0.394 e. The van der Waals surface area contributed by atoms with Gasteiger partial charge in [0.25, 0.3) is 0 Å². The Morgan fingerprint density at radius 1 is 0.979 bits per heavy atom. The van der Waals surface area contributed by atoms with Gasteiger partial charge in [-0.1, -0.05) is 108 Å². The Balaban J connectivity index is 1.42. The van der Waals surface area contributed by atoms with Crippen LogP contribution in [0, 0.1) is 11.8 Å². The zero-order valence-corrected chi connectivity index (χ0v) is 29.4. The number of aliphatic hydroxyl groups is 1. The monoisotopic (exact) mass is 719 g/mol. The highest BCUT2D eigenvalue weighted by molar-refractivity contribution is 9.09. The third kappa shape index (κ3) is 6.35. The molecule has 3 heterocycles. The lowest BCUT2D eigenvalue weighted by atomic mass is 9.70. The van der Waals surface area contributed by atoms with E-state index in [2.05, 4.69) is 29.1 Å². The van der Waals surface area contributed by atoms with Crippen LogP contribution in [-0.2, 0) is 27.3 Å². The fourth-order valence-electron chi connectivity index (χ4n) is 8.67. The van der Waals surface area contributed by atoms with Crippen LogP contribution in [0.15, 0.2) is 86.0 Å². The van der Waals surface area contributed by atoms with Crippen molar-refractivity contribution >= 4 is 45.4 Å². The molecule has 4 fully saturated rings. The third-order valence-corrected chi connectivity index (χ3v) is 13.9. The highest BCUT2D eigenvalue weighted by atomic mass is 79.9. The standard InChI is InChI=1S/C38H46BrN3O4S/c1-3-20-40(24-27-16-10-6-11-17-27)35(44)31-32-36(45)42(29(25-43)22-26-14-8-5-9-15-26)34(38(32)23-30(39)33(31)47-38)37(46)41(21-4-2)28-18-12-7-13-19-28/h3-6,8-11,14-17,28-34,43H,1-2,7,12-13,18-25H2/t29-,30?,31-,32+,33-,34?,38?/m1/s1. The van der Waals surface area contributed by atoms with Crippen LogP contribution in [0.1, 0.15) is 49.7 Å². The quantitative estimate of drug-likeness (QED) is 0.215. The van der Waals surface area contributed by atoms with Gasteiger partial charge in [-0.2, -0.15) is 0 Å². The molecule has 7 nitrogen and oxygen atoms in total. The lowest BCUT2D eigenvalue weighted by Gasteiger charge is -2.43. The van der Waals surface area contributed by atoms with Gasteiger partial charge in [0.05, 0.1) is 29.2 Å². The van der Waals surface area contributed by atoms with Gasteiger partial charge in [-0.05, 0) is 36.8 Å². The summed E-state index contributed by atoms with van der Waals surface area (Å²) in [7, 11) is 0. The summed E-state index contributed by atoms with van der Waals surface area (Å²) in [5, 5.41) is 10.7. The maximum atomic E-state index is 15.1. The first-order valence-electron chi connectivity index (χ1n) is 17.0. The Bertz CT molecular complexity index is 1450. The normalized spacial score (nSPS) is 28.9. The van der Waals surface area contributed by atoms with Crippen LogP contribution in [0.5, 0.6) is 0 Å². The number of nitrogens with zero attached hydrogens (tertiary/aromatic N) is 3. The van der Waals surface area contributed by atoms with E-state index < -0.39 is 28.7 Å². The van der Waals surface area contributed by atoms with Crippen molar-refractivity contribution in [3.05, 3.63) is 97.1 Å². The Morgan fingerprint density at radius 3 is 2.23 bits per heavy atom. The predicted octanol–water partition coefficient (Wildman–Crippen LogP) is 5.62. The summed E-state index contributed by atoms with van der Waals surface area (Å²) in [6.07, 6.45) is 9.69. The van der Waals surface area contributed by atoms with Crippen molar-refractivity contribution in [3.63, 3.8) is 0 Å². The van der Waals surface area contributed by atoms with Crippen LogP contribution in [0.2, 0.25) is 0 Å². The van der Waals surface area contributed by atoms with Crippen LogP contribution < -0.4 is 0 Å². The number of thioether (sulfide) groups is 1. The van der Waals surface area contributed by atoms with E-state index in [-0.39, 0.29) is 40.4 Å². The minimum Gasteiger partial charge on any atom is -0.394 e. The lowest BCUT2D eigenvalue weighted by Crippen LogP contribution is -2.60. The molecule has 3 unspecified atom stereocenters. The lowest BCUT2D eigenvalue weighted by molar-refractivity contribution is -0.148. The molecule has 1 aliphatic carbocycles. The molecule has 1 spiro atoms. The number of hydrogen-bond donors (Lipinski definition) is 1. The number of fused-ring (bicyclic) bond motifs is 1. The topological polar surface area (TPSA) is 81.2 Å². The summed E-state index contributed by atoms with van der Waals surface area (Å²) in [6, 6.07) is 18.4. The Hall–Kier alpha value is -2.88. The van der Waals surface area contributed by atoms with Crippen molar-refractivity contribution in [2.24, 2.45) is 11.8 Å². The molecule has 6 rings (SSSR count). The van der Waals surface area contributed by atoms with Gasteiger partial charge in [0.15, 0.2) is 0 Å². The predicted molar refractivity (Wildman–Crippen MR) is 191 cm³/mol. The first-order valence-corrected chi connectivity index (χ1v) is 18.8. The molecule has 1 N–H and O–H groups in total. The Labute approximate surface area is 291 Å². The number of carbonyl (C=O) groups is 3. The van der Waals surface area contributed by atoms with Gasteiger partial charge in [-0.15, -0.1) is 24.9 Å². The second-order valence-corrected chi connectivity index (χ2v) is 16.2. The number of alkyl halides is 1. The molecule has 250 valence electrons. The molecule has 4 aliphatic rings. The number of rotatable bonds is 13. The number of carbonyl (C=O) groups excluding carboxylic acids is 3. The maximum Gasteiger partial charge on any atom is 0.247 e. The molecule has 1 saturated carbocycles. The molecule has 7 atom stereocenters. The smallest absolute Gasteiger partial charge is 0.247 e. The van der Waals surface area contributed by atoms with E-state index in [1.54, 1.807) is 33.7 Å². The SMILES string of the molecule is C=CCN(Cc1ccccc1)C(=O)[C@H]1[C@@H]2SC3(CC2Br)C(C(=O)N(CC=C)C2CCCCC2)N([C@@H](CO)Cc2ccccc2)C(=O)[C@H]13. The zero-order valence-electron chi connectivity index (χ0n) is 27.0. The number of likely N-dealkylation sites (tertiary alicyclic amines) is 1. The van der Waals surface area contributed by atoms with E-state index in [1.807, 2.05) is 65.6 Å². The molecular weight excluding hydrogens is 674 g/mol. The molecule has 2 aromatic rings. The molecule has 3 aliphatic heterocycles. The summed E-state index contributed by atoms with van der Waals surface area (Å²) in [5.41, 5.74) is 1.99. The van der Waals surface area contributed by atoms with E-state index in [9.17, 15) is 14.7 Å². The van der Waals surface area contributed by atoms with Crippen molar-refractivity contribution in [1.82, 2.24) is 14.7 Å². The van der Waals surface area contributed by atoms with Crippen LogP contribution in [0.4, 0.5) is 0 Å². The average molecular weight is 721 g/mol. The molecule has 2 aromatic carbocycles. The number of halogens is 1. The Kier molecular flexibility index (Phi) is 10.6. The number of hydrogen-bond acceptors (Lipinski definition) is 5. The van der Waals surface area contributed by atoms with Gasteiger partial charge in [0.2, 0.25) is 17.7 Å². The minimum atomic E-state index is -0.794. The molecule has 0 aromatic heterocycles. The van der Waals surface area contributed by atoms with Gasteiger partial charge in [0, 0.05) is 35.8 Å². The number of benzene rings is 2. The molecule has 9 heteroatoms. The van der Waals surface area contributed by atoms with Crippen LogP contribution >= 0.6 is 27.7 Å². The molecule has 3 saturated heterocycles. The van der Waals surface area contributed by atoms with E-state index >= 15 is 4.79 Å². The molecule has 2 bridgehead atoms. The van der Waals surface area contributed by atoms with E-state index in [4.69, 9.17) is 0 Å². The second-order valence-electron chi connectivity index (χ2n) is 13.5. The summed E-state index contributed by atoms with van der Waals surface area (Å²) >= 11 is 5.59. The van der Waals surface area contributed by atoms with Gasteiger partial charge in [0.1, 0.15) is 6.04 Å². The average Bonchev–Trinajstić information content (AvgIpc) is 3.69. The van der Waals surface area contributed by atoms with Gasteiger partial charge >= 0.3 is 0 Å². The van der Waals surface area contributed by atoms with Crippen LogP contribution in [0.25, 0.3) is 0 Å². The first kappa shape index (κ1) is 34.0. The Morgan fingerprint density at radius 2 is 1.62 bits per heavy atom. The summed E-state index contributed by atoms with van der Waals surface area (Å²) < 4.78 is -0.794. The van der Waals surface area contributed by atoms with Crippen LogP contribution in [0.3, 0.4) is 0 Å². The fourth-order valence-corrected chi connectivity index (χ4v) is 12.3. The zero-order chi connectivity index (χ0) is 33.1. The van der Waals surface area contributed by atoms with E-state index in [1.165, 1.54) is 0 Å². The molecule has 3 amide bonds. The highest BCUT2D eigenvalue weighted by Crippen LogP contribution is 2.68. The summed E-state index contributed by atoms with van der Waals surface area (Å²) in [4.78, 5) is 50.2. The van der Waals surface area contributed by atoms with Crippen molar-refractivity contribution in [2.75, 3.05) is 19.7 Å². The minimum absolute atomic E-state index is 0.0349.